The maximum absolute atomic E-state index is 10.9. The lowest BCUT2D eigenvalue weighted by Crippen LogP contribution is -2.28. The van der Waals surface area contributed by atoms with Crippen molar-refractivity contribution in [3.63, 3.8) is 0 Å². The molecule has 0 unspecified atom stereocenters. The fraction of sp³-hybridized carbons (Fsp3) is 0.833. The molecule has 0 radical (unpaired) electrons. The lowest BCUT2D eigenvalue weighted by molar-refractivity contribution is 0.572. The van der Waals surface area contributed by atoms with E-state index in [-0.39, 0.29) is 18.2 Å². The Bertz CT molecular complexity index is 238. The molecule has 11 heavy (non-hydrogen) atoms. The van der Waals surface area contributed by atoms with Gasteiger partial charge in [-0.2, -0.15) is 5.26 Å². The average Bonchev–Trinajstić information content (AvgIpc) is 1.81. The molecule has 0 spiro atoms. The molecule has 5 heteroatoms. The Morgan fingerprint density at radius 3 is 2.45 bits per heavy atom. The zero-order valence-corrected chi connectivity index (χ0v) is 7.48. The van der Waals surface area contributed by atoms with Crippen LogP contribution in [0.5, 0.6) is 0 Å². The van der Waals surface area contributed by atoms with E-state index in [2.05, 4.69) is 4.72 Å². The second-order valence-electron chi connectivity index (χ2n) is 2.65. The first-order chi connectivity index (χ1) is 4.98. The van der Waals surface area contributed by atoms with Gasteiger partial charge in [-0.3, -0.25) is 0 Å². The molecule has 0 bridgehead atoms. The number of hydrogen-bond acceptors (Lipinski definition) is 3. The van der Waals surface area contributed by atoms with Gasteiger partial charge in [0.1, 0.15) is 0 Å². The van der Waals surface area contributed by atoms with Crippen LogP contribution in [-0.4, -0.2) is 20.7 Å². The smallest absolute Gasteiger partial charge is 0.212 e. The highest BCUT2D eigenvalue weighted by atomic mass is 32.2. The molecule has 0 rings (SSSR count). The molecule has 0 aliphatic heterocycles. The predicted molar refractivity (Wildman–Crippen MR) is 42.2 cm³/mol. The minimum Gasteiger partial charge on any atom is -0.212 e. The van der Waals surface area contributed by atoms with Crippen molar-refractivity contribution in [2.75, 3.05) is 12.3 Å². The van der Waals surface area contributed by atoms with Crippen LogP contribution in [0.1, 0.15) is 13.8 Å². The van der Waals surface area contributed by atoms with Crippen molar-refractivity contribution in [3.05, 3.63) is 0 Å². The Kier molecular flexibility index (Phi) is 4.08. The quantitative estimate of drug-likeness (QED) is 0.617. The number of nitrogens with zero attached hydrogens (tertiary/aromatic N) is 1. The zero-order chi connectivity index (χ0) is 8.91. The van der Waals surface area contributed by atoms with Gasteiger partial charge in [-0.15, -0.1) is 0 Å². The number of nitrogens with one attached hydrogen (secondary N) is 1. The van der Waals surface area contributed by atoms with Crippen LogP contribution in [0.25, 0.3) is 0 Å². The molecule has 64 valence electrons. The summed E-state index contributed by atoms with van der Waals surface area (Å²) in [5.41, 5.74) is 0. The van der Waals surface area contributed by atoms with Crippen molar-refractivity contribution >= 4 is 10.0 Å². The fourth-order valence-corrected chi connectivity index (χ4v) is 1.92. The van der Waals surface area contributed by atoms with E-state index < -0.39 is 10.0 Å². The van der Waals surface area contributed by atoms with Crippen LogP contribution in [0.4, 0.5) is 0 Å². The van der Waals surface area contributed by atoms with Gasteiger partial charge in [-0.1, -0.05) is 13.8 Å². The molecule has 0 aliphatic rings. The van der Waals surface area contributed by atoms with Gasteiger partial charge in [0, 0.05) is 0 Å². The van der Waals surface area contributed by atoms with E-state index in [9.17, 15) is 8.42 Å². The molecule has 0 fully saturated rings. The van der Waals surface area contributed by atoms with E-state index in [1.54, 1.807) is 6.07 Å². The second-order valence-corrected chi connectivity index (χ2v) is 4.51. The summed E-state index contributed by atoms with van der Waals surface area (Å²) in [5.74, 6) is 0.167. The van der Waals surface area contributed by atoms with Crippen molar-refractivity contribution in [1.29, 1.82) is 5.26 Å². The Hall–Kier alpha value is -0.600. The maximum Gasteiger partial charge on any atom is 0.212 e. The van der Waals surface area contributed by atoms with Crippen LogP contribution in [-0.2, 0) is 10.0 Å². The molecule has 0 heterocycles. The van der Waals surface area contributed by atoms with E-state index in [0.717, 1.165) is 0 Å². The molecule has 0 atom stereocenters. The Balaban J connectivity index is 3.94. The largest absolute Gasteiger partial charge is 0.212 e. The number of sulfonamides is 1. The highest BCUT2D eigenvalue weighted by molar-refractivity contribution is 7.89. The molecule has 0 aromatic heterocycles. The standard InChI is InChI=1S/C6H12N2O2S/c1-6(2)5-11(9,10)8-4-3-7/h6,8H,4-5H2,1-2H3. The molecule has 0 aromatic carbocycles. The van der Waals surface area contributed by atoms with Gasteiger partial charge in [-0.25, -0.2) is 13.1 Å². The summed E-state index contributed by atoms with van der Waals surface area (Å²) in [6, 6.07) is 1.71. The van der Waals surface area contributed by atoms with Crippen LogP contribution < -0.4 is 4.72 Å². The summed E-state index contributed by atoms with van der Waals surface area (Å²) in [6.07, 6.45) is 0. The highest BCUT2D eigenvalue weighted by Gasteiger charge is 2.10. The average molecular weight is 176 g/mol. The maximum atomic E-state index is 10.9. The number of hydrogen-bond donors (Lipinski definition) is 1. The Morgan fingerprint density at radius 2 is 2.09 bits per heavy atom. The van der Waals surface area contributed by atoms with Gasteiger partial charge < -0.3 is 0 Å². The van der Waals surface area contributed by atoms with Gasteiger partial charge in [0.15, 0.2) is 0 Å². The molecule has 0 aromatic rings. The molecule has 0 amide bonds. The normalized spacial score (nSPS) is 11.5. The van der Waals surface area contributed by atoms with Crippen LogP contribution in [0, 0.1) is 17.2 Å². The van der Waals surface area contributed by atoms with E-state index in [1.165, 1.54) is 0 Å². The van der Waals surface area contributed by atoms with E-state index in [4.69, 9.17) is 5.26 Å². The summed E-state index contributed by atoms with van der Waals surface area (Å²) in [7, 11) is -3.22. The van der Waals surface area contributed by atoms with E-state index >= 15 is 0 Å². The topological polar surface area (TPSA) is 70.0 Å². The molecular formula is C6H12N2O2S. The Labute approximate surface area is 67.3 Å². The van der Waals surface area contributed by atoms with E-state index in [1.807, 2.05) is 13.8 Å². The summed E-state index contributed by atoms with van der Waals surface area (Å²) in [4.78, 5) is 0. The van der Waals surface area contributed by atoms with Crippen molar-refractivity contribution < 1.29 is 8.42 Å². The summed E-state index contributed by atoms with van der Waals surface area (Å²) in [5, 5.41) is 8.09. The van der Waals surface area contributed by atoms with Crippen LogP contribution in [0.2, 0.25) is 0 Å². The third-order valence-corrected chi connectivity index (χ3v) is 2.61. The minimum atomic E-state index is -3.22. The zero-order valence-electron chi connectivity index (χ0n) is 6.66. The first-order valence-electron chi connectivity index (χ1n) is 3.32. The second kappa shape index (κ2) is 4.31. The highest BCUT2D eigenvalue weighted by Crippen LogP contribution is 1.96. The molecule has 4 nitrogen and oxygen atoms in total. The van der Waals surface area contributed by atoms with Crippen molar-refractivity contribution in [2.45, 2.75) is 13.8 Å². The van der Waals surface area contributed by atoms with Crippen LogP contribution in [0.15, 0.2) is 0 Å². The molecule has 1 N–H and O–H groups in total. The van der Waals surface area contributed by atoms with E-state index in [0.29, 0.717) is 0 Å². The fourth-order valence-electron chi connectivity index (χ4n) is 0.640. The number of nitriles is 1. The van der Waals surface area contributed by atoms with Crippen molar-refractivity contribution in [2.24, 2.45) is 5.92 Å². The molecule has 0 saturated heterocycles. The van der Waals surface area contributed by atoms with Gasteiger partial charge >= 0.3 is 0 Å². The summed E-state index contributed by atoms with van der Waals surface area (Å²) >= 11 is 0. The lowest BCUT2D eigenvalue weighted by atomic mass is 10.3. The SMILES string of the molecule is CC(C)CS(=O)(=O)NCC#N. The third-order valence-electron chi connectivity index (χ3n) is 0.924. The third kappa shape index (κ3) is 5.83. The minimum absolute atomic E-state index is 0.0781. The van der Waals surface area contributed by atoms with Gasteiger partial charge in [0.2, 0.25) is 10.0 Å². The van der Waals surface area contributed by atoms with Crippen LogP contribution >= 0.6 is 0 Å². The van der Waals surface area contributed by atoms with Crippen molar-refractivity contribution in [1.82, 2.24) is 4.72 Å². The van der Waals surface area contributed by atoms with Gasteiger partial charge in [0.05, 0.1) is 18.4 Å². The van der Waals surface area contributed by atoms with Gasteiger partial charge in [0.25, 0.3) is 0 Å². The van der Waals surface area contributed by atoms with Gasteiger partial charge in [-0.05, 0) is 5.92 Å². The summed E-state index contributed by atoms with van der Waals surface area (Å²) < 4.78 is 24.0. The van der Waals surface area contributed by atoms with Crippen molar-refractivity contribution in [3.8, 4) is 6.07 Å². The van der Waals surface area contributed by atoms with Crippen LogP contribution in [0.3, 0.4) is 0 Å². The molecule has 0 aliphatic carbocycles. The predicted octanol–water partition coefficient (Wildman–Crippen LogP) is 0.0854. The first kappa shape index (κ1) is 10.4. The lowest BCUT2D eigenvalue weighted by Gasteiger charge is -2.04. The number of rotatable bonds is 4. The monoisotopic (exact) mass is 176 g/mol. The summed E-state index contributed by atoms with van der Waals surface area (Å²) in [6.45, 7) is 3.48. The first-order valence-corrected chi connectivity index (χ1v) is 4.97. The molecule has 0 saturated carbocycles. The Morgan fingerprint density at radius 1 is 1.55 bits per heavy atom. The molecular weight excluding hydrogens is 164 g/mol.